The van der Waals surface area contributed by atoms with Crippen molar-refractivity contribution in [3.05, 3.63) is 35.3 Å². The normalized spacial score (nSPS) is 23.0. The first kappa shape index (κ1) is 16.0. The smallest absolute Gasteiger partial charge is 0.166 e. The van der Waals surface area contributed by atoms with Gasteiger partial charge in [0.1, 0.15) is 12.7 Å². The minimum absolute atomic E-state index is 0.145. The zero-order chi connectivity index (χ0) is 17.4. The molecule has 0 unspecified atom stereocenters. The van der Waals surface area contributed by atoms with Gasteiger partial charge in [-0.15, -0.1) is 0 Å². The molecule has 1 saturated heterocycles. The van der Waals surface area contributed by atoms with E-state index in [9.17, 15) is 4.39 Å². The molecular weight excluding hydrogens is 323 g/mol. The summed E-state index contributed by atoms with van der Waals surface area (Å²) < 4.78 is 19.4. The number of hydrogen-bond acceptors (Lipinski definition) is 6. The lowest BCUT2D eigenvalue weighted by Crippen LogP contribution is -2.22. The Bertz CT molecular complexity index is 812. The summed E-state index contributed by atoms with van der Waals surface area (Å²) in [5, 5.41) is 16.1. The zero-order valence-electron chi connectivity index (χ0n) is 13.9. The summed E-state index contributed by atoms with van der Waals surface area (Å²) in [7, 11) is 1.62. The predicted molar refractivity (Wildman–Crippen MR) is 87.2 cm³/mol. The number of methoxy groups -OCH3 is 1. The van der Waals surface area contributed by atoms with Gasteiger partial charge in [-0.25, -0.2) is 14.4 Å². The quantitative estimate of drug-likeness (QED) is 0.893. The van der Waals surface area contributed by atoms with Gasteiger partial charge in [-0.2, -0.15) is 10.4 Å². The van der Waals surface area contributed by atoms with Gasteiger partial charge >= 0.3 is 0 Å². The van der Waals surface area contributed by atoms with Gasteiger partial charge in [-0.05, 0) is 30.7 Å². The Kier molecular flexibility index (Phi) is 4.09. The average Bonchev–Trinajstić information content (AvgIpc) is 3.19. The second-order valence-electron chi connectivity index (χ2n) is 6.73. The third-order valence-electron chi connectivity index (χ3n) is 5.00. The number of halogens is 1. The molecule has 2 aromatic heterocycles. The molecule has 1 N–H and O–H groups in total. The summed E-state index contributed by atoms with van der Waals surface area (Å²) in [6, 6.07) is 3.16. The van der Waals surface area contributed by atoms with Crippen LogP contribution >= 0.6 is 0 Å². The summed E-state index contributed by atoms with van der Waals surface area (Å²) in [5.74, 6) is 2.49. The van der Waals surface area contributed by atoms with E-state index in [2.05, 4.69) is 20.2 Å². The van der Waals surface area contributed by atoms with Gasteiger partial charge in [0, 0.05) is 32.3 Å². The number of nitrogens with zero attached hydrogens (tertiary/aromatic N) is 5. The number of nitrogens with one attached hydrogen (secondary N) is 1. The Morgan fingerprint density at radius 1 is 1.44 bits per heavy atom. The topological polar surface area (TPSA) is 90.7 Å². The first-order chi connectivity index (χ1) is 12.2. The van der Waals surface area contributed by atoms with Gasteiger partial charge in [-0.3, -0.25) is 5.10 Å². The number of hydrogen-bond donors (Lipinski definition) is 1. The number of ether oxygens (including phenoxy) is 1. The van der Waals surface area contributed by atoms with E-state index in [0.717, 1.165) is 12.4 Å². The van der Waals surface area contributed by atoms with Crippen LogP contribution < -0.4 is 4.90 Å². The molecule has 0 bridgehead atoms. The maximum Gasteiger partial charge on any atom is 0.166 e. The zero-order valence-corrected chi connectivity index (χ0v) is 13.9. The van der Waals surface area contributed by atoms with E-state index in [-0.39, 0.29) is 11.5 Å². The fourth-order valence-electron chi connectivity index (χ4n) is 3.68. The van der Waals surface area contributed by atoms with Crippen molar-refractivity contribution in [2.24, 2.45) is 11.8 Å². The van der Waals surface area contributed by atoms with Crippen LogP contribution in [-0.2, 0) is 11.3 Å². The van der Waals surface area contributed by atoms with Crippen LogP contribution in [-0.4, -0.2) is 40.4 Å². The molecule has 2 atom stereocenters. The molecule has 25 heavy (non-hydrogen) atoms. The number of nitriles is 1. The molecule has 1 saturated carbocycles. The van der Waals surface area contributed by atoms with E-state index in [1.807, 2.05) is 11.0 Å². The van der Waals surface area contributed by atoms with Crippen LogP contribution in [0, 0.1) is 29.0 Å². The molecule has 0 radical (unpaired) electrons. The lowest BCUT2D eigenvalue weighted by Gasteiger charge is -2.17. The number of anilines is 1. The first-order valence-corrected chi connectivity index (χ1v) is 8.40. The molecular formula is C17H19FN6O. The van der Waals surface area contributed by atoms with E-state index >= 15 is 0 Å². The molecule has 130 valence electrons. The number of aromatic nitrogens is 4. The average molecular weight is 342 g/mol. The molecule has 1 aliphatic heterocycles. The largest absolute Gasteiger partial charge is 0.377 e. The number of aromatic amines is 1. The Morgan fingerprint density at radius 3 is 2.96 bits per heavy atom. The summed E-state index contributed by atoms with van der Waals surface area (Å²) in [4.78, 5) is 10.7. The number of rotatable bonds is 5. The third-order valence-corrected chi connectivity index (χ3v) is 5.00. The summed E-state index contributed by atoms with van der Waals surface area (Å²) in [6.07, 6.45) is 3.82. The standard InChI is InChI=1S/C17H19FN6O/c1-25-9-15-21-16(23-22-15)13-8-24(7-12(13)11-2-3-11)17-14(18)4-10(5-19)6-20-17/h4,6,11-13H,2-3,7-9H2,1H3,(H,21,22,23)/t12-,13+/m1/s1. The SMILES string of the molecule is COCc1nc([C@H]2CN(c3ncc(C#N)cc3F)C[C@@H]2C2CC2)n[nH]1. The van der Waals surface area contributed by atoms with Crippen LogP contribution in [0.15, 0.2) is 12.3 Å². The Labute approximate surface area is 144 Å². The van der Waals surface area contributed by atoms with Crippen molar-refractivity contribution >= 4 is 5.82 Å². The molecule has 0 aromatic carbocycles. The number of H-pyrrole nitrogens is 1. The highest BCUT2D eigenvalue weighted by Crippen LogP contribution is 2.47. The van der Waals surface area contributed by atoms with Crippen LogP contribution in [0.25, 0.3) is 0 Å². The molecule has 4 rings (SSSR count). The minimum atomic E-state index is -0.454. The first-order valence-electron chi connectivity index (χ1n) is 8.40. The van der Waals surface area contributed by atoms with E-state index in [4.69, 9.17) is 10.00 Å². The monoisotopic (exact) mass is 342 g/mol. The lowest BCUT2D eigenvalue weighted by atomic mass is 9.91. The summed E-state index contributed by atoms with van der Waals surface area (Å²) in [6.45, 7) is 1.75. The fourth-order valence-corrected chi connectivity index (χ4v) is 3.68. The molecule has 3 heterocycles. The number of pyridine rings is 1. The molecule has 7 nitrogen and oxygen atoms in total. The van der Waals surface area contributed by atoms with Crippen molar-refractivity contribution in [3.63, 3.8) is 0 Å². The Balaban J connectivity index is 1.59. The van der Waals surface area contributed by atoms with E-state index in [0.29, 0.717) is 36.6 Å². The van der Waals surface area contributed by atoms with E-state index in [1.54, 1.807) is 7.11 Å². The van der Waals surface area contributed by atoms with Gasteiger partial charge in [0.2, 0.25) is 0 Å². The van der Waals surface area contributed by atoms with Crippen LogP contribution in [0.3, 0.4) is 0 Å². The molecule has 2 aromatic rings. The highest BCUT2D eigenvalue weighted by atomic mass is 19.1. The van der Waals surface area contributed by atoms with Crippen LogP contribution in [0.4, 0.5) is 10.2 Å². The Morgan fingerprint density at radius 2 is 2.28 bits per heavy atom. The molecule has 0 spiro atoms. The molecule has 2 aliphatic rings. The van der Waals surface area contributed by atoms with Gasteiger partial charge in [0.15, 0.2) is 23.3 Å². The van der Waals surface area contributed by atoms with Crippen molar-refractivity contribution in [2.75, 3.05) is 25.1 Å². The molecule has 8 heteroatoms. The van der Waals surface area contributed by atoms with Gasteiger partial charge in [-0.1, -0.05) is 0 Å². The summed E-state index contributed by atoms with van der Waals surface area (Å²) >= 11 is 0. The minimum Gasteiger partial charge on any atom is -0.377 e. The van der Waals surface area contributed by atoms with Crippen LogP contribution in [0.5, 0.6) is 0 Å². The van der Waals surface area contributed by atoms with Crippen molar-refractivity contribution in [1.82, 2.24) is 20.2 Å². The lowest BCUT2D eigenvalue weighted by molar-refractivity contribution is 0.178. The maximum atomic E-state index is 14.4. The van der Waals surface area contributed by atoms with E-state index < -0.39 is 5.82 Å². The third kappa shape index (κ3) is 3.07. The molecule has 1 aliphatic carbocycles. The predicted octanol–water partition coefficient (Wildman–Crippen LogP) is 1.99. The van der Waals surface area contributed by atoms with Crippen molar-refractivity contribution in [1.29, 1.82) is 5.26 Å². The summed E-state index contributed by atoms with van der Waals surface area (Å²) in [5.41, 5.74) is 0.230. The van der Waals surface area contributed by atoms with Crippen LogP contribution in [0.1, 0.15) is 36.0 Å². The van der Waals surface area contributed by atoms with E-state index in [1.165, 1.54) is 25.1 Å². The van der Waals surface area contributed by atoms with Crippen molar-refractivity contribution < 1.29 is 9.13 Å². The van der Waals surface area contributed by atoms with Crippen molar-refractivity contribution in [3.8, 4) is 6.07 Å². The van der Waals surface area contributed by atoms with Gasteiger partial charge in [0.25, 0.3) is 0 Å². The Hall–Kier alpha value is -2.53. The van der Waals surface area contributed by atoms with Gasteiger partial charge < -0.3 is 9.64 Å². The molecule has 2 fully saturated rings. The van der Waals surface area contributed by atoms with Gasteiger partial charge in [0.05, 0.1) is 5.56 Å². The van der Waals surface area contributed by atoms with Crippen molar-refractivity contribution in [2.45, 2.75) is 25.4 Å². The second-order valence-corrected chi connectivity index (χ2v) is 6.73. The molecule has 0 amide bonds. The highest BCUT2D eigenvalue weighted by Gasteiger charge is 2.45. The van der Waals surface area contributed by atoms with Crippen LogP contribution in [0.2, 0.25) is 0 Å². The fraction of sp³-hybridized carbons (Fsp3) is 0.529. The second kappa shape index (κ2) is 6.41. The maximum absolute atomic E-state index is 14.4. The highest BCUT2D eigenvalue weighted by molar-refractivity contribution is 5.45.